The molecular formula is C13H12F3N5O3. The Kier molecular flexibility index (Phi) is 4.68. The van der Waals surface area contributed by atoms with E-state index in [1.165, 1.54) is 18.6 Å². The Hall–Kier alpha value is -2.76. The highest BCUT2D eigenvalue weighted by molar-refractivity contribution is 5.93. The van der Waals surface area contributed by atoms with E-state index >= 15 is 0 Å². The summed E-state index contributed by atoms with van der Waals surface area (Å²) in [6, 6.07) is 2.11. The number of rotatable bonds is 4. The summed E-state index contributed by atoms with van der Waals surface area (Å²) in [7, 11) is 0.727. The molecule has 2 aromatic rings. The van der Waals surface area contributed by atoms with Gasteiger partial charge in [0.15, 0.2) is 5.69 Å². The van der Waals surface area contributed by atoms with Gasteiger partial charge in [-0.25, -0.2) is 10.2 Å². The van der Waals surface area contributed by atoms with Crippen LogP contribution in [0.1, 0.15) is 16.1 Å². The number of amides is 1. The molecule has 11 heteroatoms. The normalized spacial score (nSPS) is 13.9. The molecular weight excluding hydrogens is 331 g/mol. The van der Waals surface area contributed by atoms with Crippen molar-refractivity contribution < 1.29 is 23.2 Å². The fourth-order valence-corrected chi connectivity index (χ4v) is 1.76. The fraction of sp³-hybridized carbons (Fsp3) is 0.154. The minimum absolute atomic E-state index is 0.0539. The Balaban J connectivity index is 2.25. The maximum Gasteiger partial charge on any atom is 0.416 e. The van der Waals surface area contributed by atoms with Crippen LogP contribution in [0.25, 0.3) is 0 Å². The van der Waals surface area contributed by atoms with Crippen LogP contribution in [-0.4, -0.2) is 28.1 Å². The van der Waals surface area contributed by atoms with Crippen molar-refractivity contribution in [2.45, 2.75) is 6.18 Å². The fourth-order valence-electron chi connectivity index (χ4n) is 1.76. The van der Waals surface area contributed by atoms with Crippen molar-refractivity contribution >= 4 is 17.3 Å². The maximum absolute atomic E-state index is 12.7. The van der Waals surface area contributed by atoms with Crippen LogP contribution in [0.5, 0.6) is 0 Å². The number of carbonyl (C=O) groups is 1. The molecule has 0 saturated heterocycles. The topological polar surface area (TPSA) is 110 Å². The monoisotopic (exact) mass is 343 g/mol. The van der Waals surface area contributed by atoms with Crippen molar-refractivity contribution in [2.24, 2.45) is 0 Å². The third-order valence-electron chi connectivity index (χ3n) is 2.88. The first-order valence-corrected chi connectivity index (χ1v) is 6.43. The van der Waals surface area contributed by atoms with E-state index in [0.717, 1.165) is 13.1 Å². The van der Waals surface area contributed by atoms with Crippen LogP contribution in [0.2, 0.25) is 0 Å². The van der Waals surface area contributed by atoms with Gasteiger partial charge < -0.3 is 5.21 Å². The molecule has 8 nitrogen and oxygen atoms in total. The Bertz CT molecular complexity index is 732. The van der Waals surface area contributed by atoms with Crippen LogP contribution in [-0.2, 0) is 6.18 Å². The molecule has 0 radical (unpaired) electrons. The first-order valence-electron chi connectivity index (χ1n) is 6.43. The van der Waals surface area contributed by atoms with Crippen LogP contribution < -0.4 is 15.7 Å². The molecule has 1 unspecified atom stereocenters. The smallest absolute Gasteiger partial charge is 0.416 e. The lowest BCUT2D eigenvalue weighted by atomic mass is 10.1. The zero-order valence-corrected chi connectivity index (χ0v) is 12.2. The molecule has 0 saturated carbocycles. The van der Waals surface area contributed by atoms with E-state index in [2.05, 4.69) is 20.8 Å². The Morgan fingerprint density at radius 1 is 1.33 bits per heavy atom. The van der Waals surface area contributed by atoms with E-state index in [4.69, 9.17) is 0 Å². The second-order valence-corrected chi connectivity index (χ2v) is 4.78. The van der Waals surface area contributed by atoms with E-state index in [-0.39, 0.29) is 11.4 Å². The van der Waals surface area contributed by atoms with Gasteiger partial charge in [0.25, 0.3) is 5.91 Å². The van der Waals surface area contributed by atoms with Gasteiger partial charge in [-0.2, -0.15) is 18.0 Å². The number of hydroxylamine groups is 2. The minimum atomic E-state index is -4.69. The molecule has 1 amide bonds. The lowest BCUT2D eigenvalue weighted by molar-refractivity contribution is -0.137. The summed E-state index contributed by atoms with van der Waals surface area (Å²) in [6.45, 7) is 0. The number of benzene rings is 1. The van der Waals surface area contributed by atoms with Crippen molar-refractivity contribution in [3.8, 4) is 0 Å². The first-order chi connectivity index (χ1) is 11.1. The van der Waals surface area contributed by atoms with Gasteiger partial charge in [-0.05, 0) is 12.1 Å². The van der Waals surface area contributed by atoms with Crippen LogP contribution in [0.3, 0.4) is 0 Å². The van der Waals surface area contributed by atoms with Gasteiger partial charge in [0.05, 0.1) is 11.8 Å². The standard InChI is InChI=1S/C13H12F3N5O3/c1-21(23,24)11-6-8(13(14,15)16)2-3-9(11)19-20-12(22)10-7-17-4-5-18-10/h2-7,19,23H,1H3,(H,20,22). The van der Waals surface area contributed by atoms with Gasteiger partial charge in [0.2, 0.25) is 0 Å². The molecule has 1 heterocycles. The second kappa shape index (κ2) is 6.39. The van der Waals surface area contributed by atoms with E-state index in [1.807, 2.05) is 0 Å². The molecule has 0 aliphatic carbocycles. The number of halogens is 3. The SMILES string of the molecule is C[N+]([O-])(O)c1cc(C(F)(F)F)ccc1NNC(=O)c1cnccn1. The molecule has 1 aromatic carbocycles. The summed E-state index contributed by atoms with van der Waals surface area (Å²) >= 11 is 0. The number of hydrazine groups is 1. The maximum atomic E-state index is 12.7. The summed E-state index contributed by atoms with van der Waals surface area (Å²) in [5.41, 5.74) is 2.43. The highest BCUT2D eigenvalue weighted by Gasteiger charge is 2.33. The van der Waals surface area contributed by atoms with Crippen LogP contribution in [0.15, 0.2) is 36.8 Å². The van der Waals surface area contributed by atoms with Crippen molar-refractivity contribution in [3.63, 3.8) is 0 Å². The predicted molar refractivity (Wildman–Crippen MR) is 77.4 cm³/mol. The summed E-state index contributed by atoms with van der Waals surface area (Å²) < 4.78 is 38.2. The first kappa shape index (κ1) is 17.6. The summed E-state index contributed by atoms with van der Waals surface area (Å²) in [5, 5.41) is 21.2. The van der Waals surface area contributed by atoms with Crippen molar-refractivity contribution in [1.82, 2.24) is 20.2 Å². The molecule has 1 aromatic heterocycles. The zero-order valence-electron chi connectivity index (χ0n) is 12.2. The number of carbonyl (C=O) groups excluding carboxylic acids is 1. The van der Waals surface area contributed by atoms with Gasteiger partial charge in [-0.3, -0.25) is 20.6 Å². The quantitative estimate of drug-likeness (QED) is 0.579. The predicted octanol–water partition coefficient (Wildman–Crippen LogP) is 2.08. The van der Waals surface area contributed by atoms with Gasteiger partial charge >= 0.3 is 6.18 Å². The summed E-state index contributed by atoms with van der Waals surface area (Å²) in [4.78, 5) is 17.1. The number of aromatic nitrogens is 2. The molecule has 24 heavy (non-hydrogen) atoms. The molecule has 0 bridgehead atoms. The lowest BCUT2D eigenvalue weighted by Crippen LogP contribution is -2.37. The Labute approximate surface area is 133 Å². The molecule has 3 N–H and O–H groups in total. The highest BCUT2D eigenvalue weighted by atomic mass is 19.4. The van der Waals surface area contributed by atoms with Crippen LogP contribution in [0.4, 0.5) is 24.5 Å². The third-order valence-corrected chi connectivity index (χ3v) is 2.88. The molecule has 0 fully saturated rings. The van der Waals surface area contributed by atoms with E-state index in [9.17, 15) is 28.4 Å². The Morgan fingerprint density at radius 3 is 2.58 bits per heavy atom. The number of quaternary nitrogens is 1. The van der Waals surface area contributed by atoms with Crippen LogP contribution >= 0.6 is 0 Å². The number of anilines is 1. The minimum Gasteiger partial charge on any atom is -0.593 e. The zero-order chi connectivity index (χ0) is 18.0. The van der Waals surface area contributed by atoms with Gasteiger partial charge in [0, 0.05) is 18.5 Å². The number of alkyl halides is 3. The second-order valence-electron chi connectivity index (χ2n) is 4.78. The molecule has 2 rings (SSSR count). The summed E-state index contributed by atoms with van der Waals surface area (Å²) in [5.74, 6) is -0.730. The van der Waals surface area contributed by atoms with Crippen LogP contribution in [0, 0.1) is 5.21 Å². The molecule has 0 spiro atoms. The molecule has 0 aliphatic heterocycles. The molecule has 0 aliphatic rings. The van der Waals surface area contributed by atoms with Gasteiger partial charge in [-0.15, -0.1) is 0 Å². The number of hydrogen-bond acceptors (Lipinski definition) is 6. The van der Waals surface area contributed by atoms with Crippen molar-refractivity contribution in [2.75, 3.05) is 12.5 Å². The number of nitrogens with zero attached hydrogens (tertiary/aromatic N) is 3. The van der Waals surface area contributed by atoms with E-state index < -0.39 is 28.1 Å². The average molecular weight is 343 g/mol. The molecule has 1 atom stereocenters. The third kappa shape index (κ3) is 4.16. The average Bonchev–Trinajstić information content (AvgIpc) is 2.51. The largest absolute Gasteiger partial charge is 0.593 e. The lowest BCUT2D eigenvalue weighted by Gasteiger charge is -2.30. The van der Waals surface area contributed by atoms with Crippen molar-refractivity contribution in [1.29, 1.82) is 0 Å². The van der Waals surface area contributed by atoms with Gasteiger partial charge in [0.1, 0.15) is 18.4 Å². The number of nitrogens with one attached hydrogen (secondary N) is 2. The molecule has 128 valence electrons. The Morgan fingerprint density at radius 2 is 2.04 bits per heavy atom. The van der Waals surface area contributed by atoms with Gasteiger partial charge in [-0.1, -0.05) is 0 Å². The number of hydrogen-bond donors (Lipinski definition) is 3. The van der Waals surface area contributed by atoms with Crippen molar-refractivity contribution in [3.05, 3.63) is 53.3 Å². The van der Waals surface area contributed by atoms with E-state index in [1.54, 1.807) is 0 Å². The van der Waals surface area contributed by atoms with E-state index in [0.29, 0.717) is 12.1 Å². The highest BCUT2D eigenvalue weighted by Crippen LogP contribution is 2.36. The summed E-state index contributed by atoms with van der Waals surface area (Å²) in [6.07, 6.45) is -0.891.